The lowest BCUT2D eigenvalue weighted by atomic mass is 10.00. The van der Waals surface area contributed by atoms with Crippen molar-refractivity contribution >= 4 is 0 Å². The molecule has 0 saturated heterocycles. The number of likely N-dealkylation sites (N-methyl/N-ethyl adjacent to an activating group) is 1. The van der Waals surface area contributed by atoms with Crippen molar-refractivity contribution in [2.24, 2.45) is 0 Å². The number of hydrogen-bond donors (Lipinski definition) is 0. The second-order valence-corrected chi connectivity index (χ2v) is 4.52. The molecule has 0 saturated carbocycles. The summed E-state index contributed by atoms with van der Waals surface area (Å²) in [6.07, 6.45) is 1.19. The van der Waals surface area contributed by atoms with Gasteiger partial charge in [0.25, 0.3) is 0 Å². The SMILES string of the molecule is CN(C)CCN1CCc2cc[c]cc2C1. The van der Waals surface area contributed by atoms with E-state index in [9.17, 15) is 0 Å². The minimum absolute atomic E-state index is 1.10. The van der Waals surface area contributed by atoms with Gasteiger partial charge < -0.3 is 4.90 Å². The molecule has 15 heavy (non-hydrogen) atoms. The van der Waals surface area contributed by atoms with Gasteiger partial charge in [0.1, 0.15) is 0 Å². The summed E-state index contributed by atoms with van der Waals surface area (Å²) in [5.41, 5.74) is 2.97. The van der Waals surface area contributed by atoms with E-state index in [1.807, 2.05) is 6.07 Å². The van der Waals surface area contributed by atoms with Crippen molar-refractivity contribution in [3.05, 3.63) is 35.4 Å². The summed E-state index contributed by atoms with van der Waals surface area (Å²) in [7, 11) is 4.26. The molecule has 0 atom stereocenters. The number of benzene rings is 1. The molecule has 81 valence electrons. The van der Waals surface area contributed by atoms with Crippen molar-refractivity contribution < 1.29 is 0 Å². The first-order chi connectivity index (χ1) is 7.25. The lowest BCUT2D eigenvalue weighted by molar-refractivity contribution is 0.225. The Labute approximate surface area is 92.5 Å². The maximum Gasteiger partial charge on any atom is 0.0237 e. The van der Waals surface area contributed by atoms with Crippen LogP contribution in [0.15, 0.2) is 18.2 Å². The first kappa shape index (κ1) is 10.7. The molecule has 0 aliphatic carbocycles. The number of fused-ring (bicyclic) bond motifs is 1. The normalized spacial score (nSPS) is 16.7. The first-order valence-corrected chi connectivity index (χ1v) is 5.60. The third kappa shape index (κ3) is 2.80. The van der Waals surface area contributed by atoms with E-state index in [0.29, 0.717) is 0 Å². The average Bonchev–Trinajstić information content (AvgIpc) is 2.26. The van der Waals surface area contributed by atoms with Crippen LogP contribution in [0.3, 0.4) is 0 Å². The smallest absolute Gasteiger partial charge is 0.0237 e. The predicted octanol–water partition coefficient (Wildman–Crippen LogP) is 1.41. The third-order valence-corrected chi connectivity index (χ3v) is 3.01. The summed E-state index contributed by atoms with van der Waals surface area (Å²) < 4.78 is 0. The molecule has 2 nitrogen and oxygen atoms in total. The first-order valence-electron chi connectivity index (χ1n) is 5.60. The molecule has 0 bridgehead atoms. The quantitative estimate of drug-likeness (QED) is 0.733. The maximum absolute atomic E-state index is 3.17. The highest BCUT2D eigenvalue weighted by molar-refractivity contribution is 5.28. The summed E-state index contributed by atoms with van der Waals surface area (Å²) in [5, 5.41) is 0. The molecule has 1 aromatic carbocycles. The predicted molar refractivity (Wildman–Crippen MR) is 62.8 cm³/mol. The Kier molecular flexibility index (Phi) is 3.39. The molecule has 0 aromatic heterocycles. The Balaban J connectivity index is 1.94. The van der Waals surface area contributed by atoms with E-state index in [-0.39, 0.29) is 0 Å². The molecular formula is C13H19N2. The van der Waals surface area contributed by atoms with Gasteiger partial charge in [-0.3, -0.25) is 4.90 Å². The van der Waals surface area contributed by atoms with Crippen LogP contribution in [0.1, 0.15) is 11.1 Å². The Morgan fingerprint density at radius 2 is 2.27 bits per heavy atom. The molecule has 0 amide bonds. The van der Waals surface area contributed by atoms with Crippen LogP contribution in [0.25, 0.3) is 0 Å². The molecule has 1 aliphatic rings. The van der Waals surface area contributed by atoms with Crippen molar-refractivity contribution in [3.8, 4) is 0 Å². The fourth-order valence-electron chi connectivity index (χ4n) is 2.02. The highest BCUT2D eigenvalue weighted by Crippen LogP contribution is 2.17. The van der Waals surface area contributed by atoms with Gasteiger partial charge in [-0.2, -0.15) is 0 Å². The monoisotopic (exact) mass is 203 g/mol. The largest absolute Gasteiger partial charge is 0.308 e. The summed E-state index contributed by atoms with van der Waals surface area (Å²) in [4.78, 5) is 4.77. The van der Waals surface area contributed by atoms with E-state index < -0.39 is 0 Å². The molecule has 1 heterocycles. The molecule has 1 aliphatic heterocycles. The van der Waals surface area contributed by atoms with Gasteiger partial charge >= 0.3 is 0 Å². The Hall–Kier alpha value is -0.860. The zero-order valence-corrected chi connectivity index (χ0v) is 9.66. The minimum Gasteiger partial charge on any atom is -0.308 e. The van der Waals surface area contributed by atoms with E-state index in [2.05, 4.69) is 42.1 Å². The zero-order chi connectivity index (χ0) is 10.7. The van der Waals surface area contributed by atoms with E-state index in [1.165, 1.54) is 30.6 Å². The number of hydrogen-bond acceptors (Lipinski definition) is 2. The van der Waals surface area contributed by atoms with Crippen molar-refractivity contribution in [2.75, 3.05) is 33.7 Å². The van der Waals surface area contributed by atoms with Gasteiger partial charge in [-0.05, 0) is 43.8 Å². The fraction of sp³-hybridized carbons (Fsp3) is 0.538. The molecule has 1 aromatic rings. The summed E-state index contributed by atoms with van der Waals surface area (Å²) in [6.45, 7) is 4.61. The van der Waals surface area contributed by atoms with Crippen LogP contribution in [0.4, 0.5) is 0 Å². The van der Waals surface area contributed by atoms with Crippen molar-refractivity contribution in [1.29, 1.82) is 0 Å². The molecule has 1 radical (unpaired) electrons. The van der Waals surface area contributed by atoms with Crippen LogP contribution < -0.4 is 0 Å². The molecule has 0 N–H and O–H groups in total. The highest BCUT2D eigenvalue weighted by Gasteiger charge is 2.14. The van der Waals surface area contributed by atoms with Gasteiger partial charge in [0.2, 0.25) is 0 Å². The van der Waals surface area contributed by atoms with Crippen LogP contribution in [-0.2, 0) is 13.0 Å². The van der Waals surface area contributed by atoms with Gasteiger partial charge in [-0.1, -0.05) is 12.1 Å². The van der Waals surface area contributed by atoms with Crippen LogP contribution in [-0.4, -0.2) is 43.5 Å². The molecule has 0 spiro atoms. The summed E-state index contributed by atoms with van der Waals surface area (Å²) in [6, 6.07) is 9.53. The molecule has 2 rings (SSSR count). The average molecular weight is 203 g/mol. The van der Waals surface area contributed by atoms with Crippen molar-refractivity contribution in [2.45, 2.75) is 13.0 Å². The standard InChI is InChI=1S/C13H19N2/c1-14(2)9-10-15-8-7-12-5-3-4-6-13(12)11-15/h3,5-6H,7-11H2,1-2H3. The summed E-state index contributed by atoms with van der Waals surface area (Å²) in [5.74, 6) is 0. The van der Waals surface area contributed by atoms with Crippen LogP contribution in [0, 0.1) is 6.07 Å². The van der Waals surface area contributed by atoms with Gasteiger partial charge in [0.05, 0.1) is 0 Å². The van der Waals surface area contributed by atoms with Gasteiger partial charge in [-0.15, -0.1) is 0 Å². The highest BCUT2D eigenvalue weighted by atomic mass is 15.2. The Morgan fingerprint density at radius 1 is 1.40 bits per heavy atom. The van der Waals surface area contributed by atoms with E-state index in [0.717, 1.165) is 13.1 Å². The minimum atomic E-state index is 1.10. The molecule has 0 fully saturated rings. The van der Waals surface area contributed by atoms with Gasteiger partial charge in [0.15, 0.2) is 0 Å². The van der Waals surface area contributed by atoms with Crippen molar-refractivity contribution in [1.82, 2.24) is 9.80 Å². The Bertz CT molecular complexity index is 320. The zero-order valence-electron chi connectivity index (χ0n) is 9.66. The van der Waals surface area contributed by atoms with Crippen LogP contribution in [0.5, 0.6) is 0 Å². The molecule has 0 unspecified atom stereocenters. The third-order valence-electron chi connectivity index (χ3n) is 3.01. The fourth-order valence-corrected chi connectivity index (χ4v) is 2.02. The topological polar surface area (TPSA) is 6.48 Å². The van der Waals surface area contributed by atoms with Crippen LogP contribution >= 0.6 is 0 Å². The van der Waals surface area contributed by atoms with E-state index in [1.54, 1.807) is 0 Å². The number of rotatable bonds is 3. The van der Waals surface area contributed by atoms with Gasteiger partial charge in [0, 0.05) is 26.2 Å². The van der Waals surface area contributed by atoms with Crippen molar-refractivity contribution in [3.63, 3.8) is 0 Å². The molecule has 2 heteroatoms. The second kappa shape index (κ2) is 4.77. The van der Waals surface area contributed by atoms with E-state index >= 15 is 0 Å². The molecular weight excluding hydrogens is 184 g/mol. The Morgan fingerprint density at radius 3 is 3.07 bits per heavy atom. The van der Waals surface area contributed by atoms with Gasteiger partial charge in [-0.25, -0.2) is 0 Å². The van der Waals surface area contributed by atoms with E-state index in [4.69, 9.17) is 0 Å². The second-order valence-electron chi connectivity index (χ2n) is 4.52. The number of nitrogens with zero attached hydrogens (tertiary/aromatic N) is 2. The lowest BCUT2D eigenvalue weighted by Crippen LogP contribution is -2.35. The maximum atomic E-state index is 3.17. The van der Waals surface area contributed by atoms with Crippen LogP contribution in [0.2, 0.25) is 0 Å². The summed E-state index contributed by atoms with van der Waals surface area (Å²) >= 11 is 0. The lowest BCUT2D eigenvalue weighted by Gasteiger charge is -2.29.